The zero-order chi connectivity index (χ0) is 13.6. The summed E-state index contributed by atoms with van der Waals surface area (Å²) in [6.07, 6.45) is 3.42. The molecule has 0 atom stereocenters. The van der Waals surface area contributed by atoms with Crippen molar-refractivity contribution in [2.45, 2.75) is 6.92 Å². The lowest BCUT2D eigenvalue weighted by atomic mass is 10.6. The summed E-state index contributed by atoms with van der Waals surface area (Å²) >= 11 is 0. The van der Waals surface area contributed by atoms with Crippen molar-refractivity contribution in [2.75, 3.05) is 13.2 Å². The molecule has 0 aliphatic heterocycles. The number of hydrogen-bond donors (Lipinski definition) is 3. The molecule has 7 nitrogen and oxygen atoms in total. The van der Waals surface area contributed by atoms with Crippen LogP contribution in [0.2, 0.25) is 0 Å². The van der Waals surface area contributed by atoms with E-state index in [9.17, 15) is 0 Å². The summed E-state index contributed by atoms with van der Waals surface area (Å²) in [6.45, 7) is 9.26. The number of carboxylic acid groups (broad SMARTS) is 1. The molecule has 0 amide bonds. The van der Waals surface area contributed by atoms with E-state index in [1.165, 1.54) is 0 Å². The minimum absolute atomic E-state index is 0.617. The lowest BCUT2D eigenvalue weighted by molar-refractivity contribution is -0.134. The van der Waals surface area contributed by atoms with Gasteiger partial charge in [-0.05, 0) is 0 Å². The van der Waals surface area contributed by atoms with E-state index in [-0.39, 0.29) is 0 Å². The van der Waals surface area contributed by atoms with Gasteiger partial charge in [0.25, 0.3) is 5.97 Å². The normalized spacial score (nSPS) is 8.69. The van der Waals surface area contributed by atoms with Crippen LogP contribution in [-0.4, -0.2) is 41.8 Å². The number of carboxylic acids is 1. The summed E-state index contributed by atoms with van der Waals surface area (Å²) in [6, 6.07) is 0. The second-order valence-electron chi connectivity index (χ2n) is 2.08. The van der Waals surface area contributed by atoms with Gasteiger partial charge in [0, 0.05) is 6.92 Å². The summed E-state index contributed by atoms with van der Waals surface area (Å²) in [5.41, 5.74) is 0. The van der Waals surface area contributed by atoms with Crippen molar-refractivity contribution in [3.63, 3.8) is 0 Å². The third-order valence-corrected chi connectivity index (χ3v) is 0.471. The van der Waals surface area contributed by atoms with Crippen LogP contribution in [0.1, 0.15) is 6.92 Å². The standard InChI is InChI=1S/C6H10O.C2H4O2.H2O4S/c1-3-5-7-6-4-2;1-2(3)4;1-5(2,3)4/h3-4H,1-2,5-6H2;1H3,(H,3,4);(H2,1,2,3,4). The summed E-state index contributed by atoms with van der Waals surface area (Å²) in [4.78, 5) is 9.00. The van der Waals surface area contributed by atoms with E-state index in [1.54, 1.807) is 12.2 Å². The van der Waals surface area contributed by atoms with Gasteiger partial charge in [0.05, 0.1) is 13.2 Å². The van der Waals surface area contributed by atoms with Crippen LogP contribution in [0.4, 0.5) is 0 Å². The first-order chi connectivity index (χ1) is 7.15. The minimum atomic E-state index is -4.67. The van der Waals surface area contributed by atoms with Gasteiger partial charge in [0.1, 0.15) is 0 Å². The predicted molar refractivity (Wildman–Crippen MR) is 58.7 cm³/mol. The highest BCUT2D eigenvalue weighted by molar-refractivity contribution is 7.79. The van der Waals surface area contributed by atoms with Gasteiger partial charge < -0.3 is 9.84 Å². The van der Waals surface area contributed by atoms with Crippen molar-refractivity contribution in [3.8, 4) is 0 Å². The van der Waals surface area contributed by atoms with Gasteiger partial charge in [-0.2, -0.15) is 8.42 Å². The molecular weight excluding hydrogens is 240 g/mol. The Kier molecular flexibility index (Phi) is 17.4. The van der Waals surface area contributed by atoms with Crippen LogP contribution >= 0.6 is 0 Å². The summed E-state index contributed by atoms with van der Waals surface area (Å²) < 4.78 is 36.5. The first-order valence-corrected chi connectivity index (χ1v) is 5.23. The average Bonchev–Trinajstić information content (AvgIpc) is 2.01. The smallest absolute Gasteiger partial charge is 0.394 e. The van der Waals surface area contributed by atoms with E-state index >= 15 is 0 Å². The molecule has 0 rings (SSSR count). The average molecular weight is 256 g/mol. The zero-order valence-electron chi connectivity index (χ0n) is 8.87. The summed E-state index contributed by atoms with van der Waals surface area (Å²) in [5, 5.41) is 7.42. The minimum Gasteiger partial charge on any atom is -0.481 e. The number of rotatable bonds is 4. The van der Waals surface area contributed by atoms with Crippen LogP contribution in [0, 0.1) is 0 Å². The molecule has 0 bridgehead atoms. The van der Waals surface area contributed by atoms with Gasteiger partial charge in [0.2, 0.25) is 0 Å². The van der Waals surface area contributed by atoms with Gasteiger partial charge in [-0.1, -0.05) is 12.2 Å². The zero-order valence-corrected chi connectivity index (χ0v) is 9.68. The third-order valence-electron chi connectivity index (χ3n) is 0.471. The molecule has 0 saturated heterocycles. The third kappa shape index (κ3) is 229. The second kappa shape index (κ2) is 13.8. The highest BCUT2D eigenvalue weighted by atomic mass is 32.3. The second-order valence-corrected chi connectivity index (χ2v) is 2.98. The summed E-state index contributed by atoms with van der Waals surface area (Å²) in [7, 11) is -4.67. The van der Waals surface area contributed by atoms with Crippen LogP contribution in [0.3, 0.4) is 0 Å². The molecule has 0 radical (unpaired) electrons. The molecule has 0 fully saturated rings. The SMILES string of the molecule is C=CCOCC=C.CC(=O)O.O=S(=O)(O)O. The molecule has 0 spiro atoms. The van der Waals surface area contributed by atoms with E-state index < -0.39 is 16.4 Å². The van der Waals surface area contributed by atoms with Gasteiger partial charge in [-0.3, -0.25) is 13.9 Å². The molecule has 0 aromatic carbocycles. The van der Waals surface area contributed by atoms with Crippen molar-refractivity contribution in [1.82, 2.24) is 0 Å². The Labute approximate surface area is 94.6 Å². The number of ether oxygens (including phenoxy) is 1. The topological polar surface area (TPSA) is 121 Å². The molecule has 16 heavy (non-hydrogen) atoms. The molecule has 0 aliphatic rings. The molecular formula is C8H16O7S. The van der Waals surface area contributed by atoms with Gasteiger partial charge in [0.15, 0.2) is 0 Å². The summed E-state index contributed by atoms with van der Waals surface area (Å²) in [5.74, 6) is -0.833. The van der Waals surface area contributed by atoms with Crippen molar-refractivity contribution in [2.24, 2.45) is 0 Å². The predicted octanol–water partition coefficient (Wildman–Crippen LogP) is 0.813. The Morgan fingerprint density at radius 2 is 1.44 bits per heavy atom. The van der Waals surface area contributed by atoms with Crippen LogP contribution in [0.5, 0.6) is 0 Å². The molecule has 8 heteroatoms. The fraction of sp³-hybridized carbons (Fsp3) is 0.375. The quantitative estimate of drug-likeness (QED) is 0.386. The maximum atomic E-state index is 9.00. The molecule has 0 saturated carbocycles. The van der Waals surface area contributed by atoms with Crippen LogP contribution in [0.25, 0.3) is 0 Å². The highest BCUT2D eigenvalue weighted by Crippen LogP contribution is 1.72. The van der Waals surface area contributed by atoms with Crippen LogP contribution in [-0.2, 0) is 19.9 Å². The van der Waals surface area contributed by atoms with E-state index in [1.807, 2.05) is 0 Å². The van der Waals surface area contributed by atoms with Gasteiger partial charge >= 0.3 is 10.4 Å². The molecule has 96 valence electrons. The van der Waals surface area contributed by atoms with E-state index in [2.05, 4.69) is 13.2 Å². The van der Waals surface area contributed by atoms with Gasteiger partial charge in [-0.15, -0.1) is 13.2 Å². The van der Waals surface area contributed by atoms with E-state index in [4.69, 9.17) is 32.2 Å². The Balaban J connectivity index is -0.000000166. The largest absolute Gasteiger partial charge is 0.481 e. The molecule has 0 unspecified atom stereocenters. The van der Waals surface area contributed by atoms with Crippen molar-refractivity contribution < 1.29 is 32.2 Å². The lowest BCUT2D eigenvalue weighted by Crippen LogP contribution is -1.89. The Morgan fingerprint density at radius 3 is 1.56 bits per heavy atom. The van der Waals surface area contributed by atoms with Crippen molar-refractivity contribution >= 4 is 16.4 Å². The lowest BCUT2D eigenvalue weighted by Gasteiger charge is -1.89. The number of aliphatic carboxylic acids is 1. The Hall–Kier alpha value is -1.22. The Bertz CT molecular complexity index is 261. The van der Waals surface area contributed by atoms with Crippen molar-refractivity contribution in [3.05, 3.63) is 25.3 Å². The Morgan fingerprint density at radius 1 is 1.25 bits per heavy atom. The monoisotopic (exact) mass is 256 g/mol. The van der Waals surface area contributed by atoms with Gasteiger partial charge in [-0.25, -0.2) is 0 Å². The maximum Gasteiger partial charge on any atom is 0.394 e. The highest BCUT2D eigenvalue weighted by Gasteiger charge is 1.84. The molecule has 0 aliphatic carbocycles. The fourth-order valence-electron chi connectivity index (χ4n) is 0.235. The number of carbonyl (C=O) groups is 1. The molecule has 0 aromatic rings. The van der Waals surface area contributed by atoms with Crippen LogP contribution in [0.15, 0.2) is 25.3 Å². The first-order valence-electron chi connectivity index (χ1n) is 3.84. The van der Waals surface area contributed by atoms with E-state index in [0.29, 0.717) is 13.2 Å². The fourth-order valence-corrected chi connectivity index (χ4v) is 0.235. The van der Waals surface area contributed by atoms with Crippen molar-refractivity contribution in [1.29, 1.82) is 0 Å². The first kappa shape index (κ1) is 20.2. The molecule has 0 aromatic heterocycles. The maximum absolute atomic E-state index is 9.00. The number of hydrogen-bond acceptors (Lipinski definition) is 4. The van der Waals surface area contributed by atoms with E-state index in [0.717, 1.165) is 6.92 Å². The molecule has 3 N–H and O–H groups in total. The van der Waals surface area contributed by atoms with Crippen LogP contribution < -0.4 is 0 Å². The molecule has 0 heterocycles.